The lowest BCUT2D eigenvalue weighted by Crippen LogP contribution is -2.12. The highest BCUT2D eigenvalue weighted by Crippen LogP contribution is 2.12. The van der Waals surface area contributed by atoms with Crippen LogP contribution in [-0.4, -0.2) is 15.0 Å². The van der Waals surface area contributed by atoms with Crippen LogP contribution in [0.15, 0.2) is 35.5 Å². The van der Waals surface area contributed by atoms with Gasteiger partial charge in [-0.05, 0) is 12.1 Å². The normalized spacial score (nSPS) is 10.1. The van der Waals surface area contributed by atoms with Gasteiger partial charge < -0.3 is 10.3 Å². The molecule has 0 saturated heterocycles. The van der Waals surface area contributed by atoms with Crippen LogP contribution in [-0.2, 0) is 6.54 Å². The van der Waals surface area contributed by atoms with Gasteiger partial charge in [-0.1, -0.05) is 17.7 Å². The van der Waals surface area contributed by atoms with Gasteiger partial charge in [-0.15, -0.1) is 0 Å². The van der Waals surface area contributed by atoms with E-state index in [0.29, 0.717) is 12.4 Å². The van der Waals surface area contributed by atoms with Gasteiger partial charge in [0.15, 0.2) is 5.82 Å². The molecule has 0 aliphatic rings. The van der Waals surface area contributed by atoms with Gasteiger partial charge in [0, 0.05) is 6.20 Å². The quantitative estimate of drug-likeness (QED) is 0.846. The number of H-pyrrole nitrogens is 1. The van der Waals surface area contributed by atoms with E-state index >= 15 is 0 Å². The topological polar surface area (TPSA) is 70.7 Å². The Balaban J connectivity index is 2.11. The number of hydrogen-bond acceptors (Lipinski definition) is 4. The maximum absolute atomic E-state index is 11.2. The van der Waals surface area contributed by atoms with Crippen LogP contribution >= 0.6 is 11.6 Å². The predicted molar refractivity (Wildman–Crippen MR) is 61.4 cm³/mol. The van der Waals surface area contributed by atoms with Crippen LogP contribution in [0.5, 0.6) is 0 Å². The Hall–Kier alpha value is -1.88. The molecular weight excluding hydrogens is 228 g/mol. The molecule has 0 fully saturated rings. The summed E-state index contributed by atoms with van der Waals surface area (Å²) in [6, 6.07) is 5.59. The maximum atomic E-state index is 11.2. The van der Waals surface area contributed by atoms with Crippen LogP contribution in [0.3, 0.4) is 0 Å². The Morgan fingerprint density at radius 1 is 1.38 bits per heavy atom. The number of aromatic amines is 1. The van der Waals surface area contributed by atoms with Crippen LogP contribution in [0.4, 0.5) is 5.82 Å². The molecule has 82 valence electrons. The SMILES string of the molecule is O=c1[nH]cnc(NCc2ccccn2)c1Cl. The summed E-state index contributed by atoms with van der Waals surface area (Å²) < 4.78 is 0. The number of nitrogens with one attached hydrogen (secondary N) is 2. The summed E-state index contributed by atoms with van der Waals surface area (Å²) in [7, 11) is 0. The molecule has 0 radical (unpaired) electrons. The summed E-state index contributed by atoms with van der Waals surface area (Å²) in [5, 5.41) is 3.00. The molecule has 2 heterocycles. The number of anilines is 1. The molecule has 0 bridgehead atoms. The first-order valence-electron chi connectivity index (χ1n) is 4.64. The Bertz CT molecular complexity index is 526. The minimum Gasteiger partial charge on any atom is -0.363 e. The molecule has 0 saturated carbocycles. The van der Waals surface area contributed by atoms with Crippen molar-refractivity contribution in [1.82, 2.24) is 15.0 Å². The molecule has 0 unspecified atom stereocenters. The molecule has 6 heteroatoms. The van der Waals surface area contributed by atoms with Gasteiger partial charge in [0.1, 0.15) is 5.02 Å². The average molecular weight is 237 g/mol. The van der Waals surface area contributed by atoms with Crippen molar-refractivity contribution < 1.29 is 0 Å². The van der Waals surface area contributed by atoms with E-state index in [1.165, 1.54) is 6.33 Å². The van der Waals surface area contributed by atoms with Crippen LogP contribution in [0, 0.1) is 0 Å². The van der Waals surface area contributed by atoms with E-state index in [4.69, 9.17) is 11.6 Å². The summed E-state index contributed by atoms with van der Waals surface area (Å²) >= 11 is 5.77. The lowest BCUT2D eigenvalue weighted by Gasteiger charge is -2.05. The van der Waals surface area contributed by atoms with E-state index in [9.17, 15) is 4.79 Å². The summed E-state index contributed by atoms with van der Waals surface area (Å²) in [6.45, 7) is 0.469. The van der Waals surface area contributed by atoms with E-state index in [2.05, 4.69) is 20.3 Å². The number of hydrogen-bond donors (Lipinski definition) is 2. The van der Waals surface area contributed by atoms with Crippen LogP contribution in [0.1, 0.15) is 5.69 Å². The van der Waals surface area contributed by atoms with E-state index in [0.717, 1.165) is 5.69 Å². The molecule has 16 heavy (non-hydrogen) atoms. The number of nitrogens with zero attached hydrogens (tertiary/aromatic N) is 2. The molecule has 0 aliphatic heterocycles. The standard InChI is InChI=1S/C10H9ClN4O/c11-8-9(14-6-15-10(8)16)13-5-7-3-1-2-4-12-7/h1-4,6H,5H2,(H2,13,14,15,16). The first kappa shape index (κ1) is 10.6. The van der Waals surface area contributed by atoms with Gasteiger partial charge in [-0.3, -0.25) is 9.78 Å². The first-order chi connectivity index (χ1) is 7.77. The molecule has 2 rings (SSSR count). The van der Waals surface area contributed by atoms with Gasteiger partial charge in [0.25, 0.3) is 5.56 Å². The number of halogens is 1. The Labute approximate surface area is 96.5 Å². The molecule has 5 nitrogen and oxygen atoms in total. The second-order valence-corrected chi connectivity index (χ2v) is 3.45. The highest BCUT2D eigenvalue weighted by molar-refractivity contribution is 6.32. The zero-order chi connectivity index (χ0) is 11.4. The number of aromatic nitrogens is 3. The fourth-order valence-corrected chi connectivity index (χ4v) is 1.35. The van der Waals surface area contributed by atoms with Crippen molar-refractivity contribution in [2.45, 2.75) is 6.54 Å². The van der Waals surface area contributed by atoms with Crippen molar-refractivity contribution in [3.63, 3.8) is 0 Å². The molecular formula is C10H9ClN4O. The molecule has 2 aromatic rings. The average Bonchev–Trinajstić information content (AvgIpc) is 2.32. The highest BCUT2D eigenvalue weighted by atomic mass is 35.5. The van der Waals surface area contributed by atoms with Crippen LogP contribution < -0.4 is 10.9 Å². The van der Waals surface area contributed by atoms with E-state index in [1.807, 2.05) is 18.2 Å². The monoisotopic (exact) mass is 236 g/mol. The second-order valence-electron chi connectivity index (χ2n) is 3.07. The summed E-state index contributed by atoms with van der Waals surface area (Å²) in [6.07, 6.45) is 3.00. The fourth-order valence-electron chi connectivity index (χ4n) is 1.18. The van der Waals surface area contributed by atoms with Crippen molar-refractivity contribution in [3.8, 4) is 0 Å². The van der Waals surface area contributed by atoms with Crippen molar-refractivity contribution in [1.29, 1.82) is 0 Å². The van der Waals surface area contributed by atoms with Crippen molar-refractivity contribution in [3.05, 3.63) is 51.8 Å². The predicted octanol–water partition coefficient (Wildman–Crippen LogP) is 1.43. The van der Waals surface area contributed by atoms with Crippen molar-refractivity contribution in [2.75, 3.05) is 5.32 Å². The minimum atomic E-state index is -0.361. The molecule has 0 aliphatic carbocycles. The van der Waals surface area contributed by atoms with E-state index < -0.39 is 0 Å². The molecule has 2 aromatic heterocycles. The molecule has 0 spiro atoms. The van der Waals surface area contributed by atoms with E-state index in [-0.39, 0.29) is 10.6 Å². The summed E-state index contributed by atoms with van der Waals surface area (Å²) in [4.78, 5) is 21.6. The van der Waals surface area contributed by atoms with Crippen molar-refractivity contribution >= 4 is 17.4 Å². The molecule has 0 amide bonds. The zero-order valence-electron chi connectivity index (χ0n) is 8.27. The Kier molecular flexibility index (Phi) is 3.16. The van der Waals surface area contributed by atoms with Crippen molar-refractivity contribution in [2.24, 2.45) is 0 Å². The fraction of sp³-hybridized carbons (Fsp3) is 0.100. The maximum Gasteiger partial charge on any atom is 0.271 e. The summed E-state index contributed by atoms with van der Waals surface area (Å²) in [5.41, 5.74) is 0.487. The van der Waals surface area contributed by atoms with Crippen LogP contribution in [0.25, 0.3) is 0 Å². The molecule has 2 N–H and O–H groups in total. The molecule has 0 atom stereocenters. The third-order valence-corrected chi connectivity index (χ3v) is 2.31. The first-order valence-corrected chi connectivity index (χ1v) is 5.02. The summed E-state index contributed by atoms with van der Waals surface area (Å²) in [5.74, 6) is 0.357. The lowest BCUT2D eigenvalue weighted by atomic mass is 10.3. The minimum absolute atomic E-state index is 0.0541. The third kappa shape index (κ3) is 2.38. The smallest absolute Gasteiger partial charge is 0.271 e. The van der Waals surface area contributed by atoms with Gasteiger partial charge in [0.05, 0.1) is 18.6 Å². The van der Waals surface area contributed by atoms with Gasteiger partial charge in [-0.25, -0.2) is 4.98 Å². The third-order valence-electron chi connectivity index (χ3n) is 1.96. The van der Waals surface area contributed by atoms with E-state index in [1.54, 1.807) is 6.20 Å². The largest absolute Gasteiger partial charge is 0.363 e. The van der Waals surface area contributed by atoms with Gasteiger partial charge in [0.2, 0.25) is 0 Å². The van der Waals surface area contributed by atoms with Gasteiger partial charge in [-0.2, -0.15) is 0 Å². The number of rotatable bonds is 3. The van der Waals surface area contributed by atoms with Gasteiger partial charge >= 0.3 is 0 Å². The Morgan fingerprint density at radius 3 is 3.00 bits per heavy atom. The molecule has 0 aromatic carbocycles. The highest BCUT2D eigenvalue weighted by Gasteiger charge is 2.04. The lowest BCUT2D eigenvalue weighted by molar-refractivity contribution is 1.01. The number of pyridine rings is 1. The zero-order valence-corrected chi connectivity index (χ0v) is 9.03. The second kappa shape index (κ2) is 4.76. The van der Waals surface area contributed by atoms with Crippen LogP contribution in [0.2, 0.25) is 5.02 Å². The Morgan fingerprint density at radius 2 is 2.25 bits per heavy atom.